The van der Waals surface area contributed by atoms with Crippen LogP contribution in [0.5, 0.6) is 17.2 Å². The fraction of sp³-hybridized carbons (Fsp3) is 0.481. The summed E-state index contributed by atoms with van der Waals surface area (Å²) in [5, 5.41) is 22.7. The number of rotatable bonds is 8. The monoisotopic (exact) mass is 526 g/mol. The molecule has 11 nitrogen and oxygen atoms in total. The highest BCUT2D eigenvalue weighted by atomic mass is 16.7. The number of aliphatic hydroxyl groups excluding tert-OH is 1. The van der Waals surface area contributed by atoms with Crippen LogP contribution in [0.2, 0.25) is 0 Å². The second kappa shape index (κ2) is 12.0. The lowest BCUT2D eigenvalue weighted by Gasteiger charge is -2.36. The number of hydrogen-bond donors (Lipinski definition) is 3. The summed E-state index contributed by atoms with van der Waals surface area (Å²) in [6.07, 6.45) is 0. The SMILES string of the molecule is O=C(N[C@@H](CO)C(=O)N1CCN(Cc2ccc3c(c2)OCO3)CC1)c1cc(O)cc(CN2CCOCC2)c1. The average molecular weight is 527 g/mol. The van der Waals surface area contributed by atoms with Crippen molar-refractivity contribution in [3.05, 3.63) is 53.1 Å². The van der Waals surface area contributed by atoms with Crippen LogP contribution in [0.4, 0.5) is 0 Å². The van der Waals surface area contributed by atoms with E-state index in [0.29, 0.717) is 45.9 Å². The van der Waals surface area contributed by atoms with E-state index in [1.54, 1.807) is 17.0 Å². The molecular formula is C27H34N4O7. The van der Waals surface area contributed by atoms with Crippen molar-refractivity contribution in [2.45, 2.75) is 19.1 Å². The number of aliphatic hydroxyl groups is 1. The second-order valence-corrected chi connectivity index (χ2v) is 9.77. The summed E-state index contributed by atoms with van der Waals surface area (Å²) in [4.78, 5) is 32.2. The zero-order valence-electron chi connectivity index (χ0n) is 21.3. The van der Waals surface area contributed by atoms with Crippen molar-refractivity contribution in [3.63, 3.8) is 0 Å². The summed E-state index contributed by atoms with van der Waals surface area (Å²) < 4.78 is 16.2. The fourth-order valence-electron chi connectivity index (χ4n) is 4.99. The van der Waals surface area contributed by atoms with E-state index < -0.39 is 18.6 Å². The maximum absolute atomic E-state index is 13.1. The van der Waals surface area contributed by atoms with E-state index >= 15 is 0 Å². The molecule has 0 bridgehead atoms. The minimum Gasteiger partial charge on any atom is -0.508 e. The van der Waals surface area contributed by atoms with Gasteiger partial charge in [0, 0.05) is 57.9 Å². The number of piperazine rings is 1. The third kappa shape index (κ3) is 6.36. The zero-order chi connectivity index (χ0) is 26.5. The summed E-state index contributed by atoms with van der Waals surface area (Å²) >= 11 is 0. The van der Waals surface area contributed by atoms with Gasteiger partial charge < -0.3 is 34.6 Å². The van der Waals surface area contributed by atoms with E-state index in [4.69, 9.17) is 14.2 Å². The van der Waals surface area contributed by atoms with Gasteiger partial charge in [-0.1, -0.05) is 6.07 Å². The molecule has 0 unspecified atom stereocenters. The normalized spacial score (nSPS) is 18.8. The van der Waals surface area contributed by atoms with E-state index in [1.165, 1.54) is 6.07 Å². The summed E-state index contributed by atoms with van der Waals surface area (Å²) in [6.45, 7) is 6.22. The smallest absolute Gasteiger partial charge is 0.252 e. The molecule has 38 heavy (non-hydrogen) atoms. The number of phenolic OH excluding ortho intramolecular Hbond substituents is 1. The summed E-state index contributed by atoms with van der Waals surface area (Å²) in [5.41, 5.74) is 2.14. The number of ether oxygens (including phenoxy) is 3. The van der Waals surface area contributed by atoms with Gasteiger partial charge in [-0.05, 0) is 41.5 Å². The van der Waals surface area contributed by atoms with Gasteiger partial charge in [-0.3, -0.25) is 19.4 Å². The first-order chi connectivity index (χ1) is 18.5. The third-order valence-corrected chi connectivity index (χ3v) is 7.06. The van der Waals surface area contributed by atoms with Gasteiger partial charge in [0.15, 0.2) is 11.5 Å². The number of nitrogens with one attached hydrogen (secondary N) is 1. The number of fused-ring (bicyclic) bond motifs is 1. The number of benzene rings is 2. The third-order valence-electron chi connectivity index (χ3n) is 7.06. The lowest BCUT2D eigenvalue weighted by molar-refractivity contribution is -0.136. The molecular weight excluding hydrogens is 492 g/mol. The number of nitrogens with zero attached hydrogens (tertiary/aromatic N) is 3. The van der Waals surface area contributed by atoms with E-state index in [0.717, 1.165) is 42.3 Å². The van der Waals surface area contributed by atoms with E-state index in [9.17, 15) is 19.8 Å². The van der Waals surface area contributed by atoms with Gasteiger partial charge in [-0.15, -0.1) is 0 Å². The van der Waals surface area contributed by atoms with Crippen LogP contribution in [0.3, 0.4) is 0 Å². The Hall–Kier alpha value is -3.38. The van der Waals surface area contributed by atoms with E-state index in [-0.39, 0.29) is 24.0 Å². The minimum atomic E-state index is -1.06. The van der Waals surface area contributed by atoms with Crippen LogP contribution < -0.4 is 14.8 Å². The Bertz CT molecular complexity index is 1150. The highest BCUT2D eigenvalue weighted by molar-refractivity contribution is 5.98. The summed E-state index contributed by atoms with van der Waals surface area (Å²) in [7, 11) is 0. The maximum atomic E-state index is 13.1. The average Bonchev–Trinajstić information content (AvgIpc) is 3.40. The first kappa shape index (κ1) is 26.2. The number of phenols is 1. The van der Waals surface area contributed by atoms with Gasteiger partial charge in [-0.25, -0.2) is 0 Å². The standard InChI is InChI=1S/C27H34N4O7/c32-17-23(28-26(34)21-11-20(12-22(33)14-21)16-30-7-9-36-10-8-30)27(35)31-5-3-29(4-6-31)15-19-1-2-24-25(13-19)38-18-37-24/h1-2,11-14,23,32-33H,3-10,15-18H2,(H,28,34)/t23-/m0/s1. The van der Waals surface area contributed by atoms with Crippen LogP contribution in [0.25, 0.3) is 0 Å². The summed E-state index contributed by atoms with van der Waals surface area (Å²) in [6, 6.07) is 9.53. The van der Waals surface area contributed by atoms with Crippen LogP contribution in [-0.2, 0) is 22.6 Å². The predicted molar refractivity (Wildman–Crippen MR) is 137 cm³/mol. The molecule has 2 fully saturated rings. The molecule has 0 saturated carbocycles. The number of carbonyl (C=O) groups excluding carboxylic acids is 2. The highest BCUT2D eigenvalue weighted by Crippen LogP contribution is 2.32. The minimum absolute atomic E-state index is 0.0219. The lowest BCUT2D eigenvalue weighted by Crippen LogP contribution is -2.55. The van der Waals surface area contributed by atoms with Gasteiger partial charge in [-0.2, -0.15) is 0 Å². The lowest BCUT2D eigenvalue weighted by atomic mass is 10.1. The molecule has 1 atom stereocenters. The van der Waals surface area contributed by atoms with E-state index in [2.05, 4.69) is 15.1 Å². The van der Waals surface area contributed by atoms with Gasteiger partial charge in [0.25, 0.3) is 5.91 Å². The molecule has 3 N–H and O–H groups in total. The van der Waals surface area contributed by atoms with Crippen molar-refractivity contribution in [1.29, 1.82) is 0 Å². The topological polar surface area (TPSA) is 124 Å². The molecule has 0 aliphatic carbocycles. The molecule has 5 rings (SSSR count). The fourth-order valence-corrected chi connectivity index (χ4v) is 4.99. The molecule has 3 aliphatic heterocycles. The van der Waals surface area contributed by atoms with Crippen molar-refractivity contribution < 1.29 is 34.0 Å². The van der Waals surface area contributed by atoms with Gasteiger partial charge in [0.2, 0.25) is 12.7 Å². The Morgan fingerprint density at radius 3 is 2.34 bits per heavy atom. The van der Waals surface area contributed by atoms with Gasteiger partial charge in [0.1, 0.15) is 11.8 Å². The molecule has 2 aromatic carbocycles. The van der Waals surface area contributed by atoms with Crippen LogP contribution in [-0.4, -0.2) is 109 Å². The second-order valence-electron chi connectivity index (χ2n) is 9.77. The van der Waals surface area contributed by atoms with Crippen LogP contribution in [0, 0.1) is 0 Å². The number of hydrogen-bond acceptors (Lipinski definition) is 9. The molecule has 3 heterocycles. The molecule has 11 heteroatoms. The molecule has 2 amide bonds. The van der Waals surface area contributed by atoms with Gasteiger partial charge >= 0.3 is 0 Å². The Kier molecular flexibility index (Phi) is 8.28. The Balaban J connectivity index is 1.14. The highest BCUT2D eigenvalue weighted by Gasteiger charge is 2.29. The Labute approximate surface area is 221 Å². The predicted octanol–water partition coefficient (Wildman–Crippen LogP) is 0.388. The largest absolute Gasteiger partial charge is 0.508 e. The summed E-state index contributed by atoms with van der Waals surface area (Å²) in [5.74, 6) is 0.639. The molecule has 3 aliphatic rings. The molecule has 0 aromatic heterocycles. The van der Waals surface area contributed by atoms with Crippen LogP contribution in [0.1, 0.15) is 21.5 Å². The molecule has 0 spiro atoms. The number of aromatic hydroxyl groups is 1. The zero-order valence-corrected chi connectivity index (χ0v) is 21.3. The first-order valence-electron chi connectivity index (χ1n) is 12.9. The van der Waals surface area contributed by atoms with Crippen molar-refractivity contribution in [1.82, 2.24) is 20.0 Å². The van der Waals surface area contributed by atoms with Crippen LogP contribution in [0.15, 0.2) is 36.4 Å². The molecule has 2 aromatic rings. The van der Waals surface area contributed by atoms with Crippen molar-refractivity contribution in [3.8, 4) is 17.2 Å². The number of amides is 2. The van der Waals surface area contributed by atoms with E-state index in [1.807, 2.05) is 18.2 Å². The first-order valence-corrected chi connectivity index (χ1v) is 12.9. The molecule has 204 valence electrons. The van der Waals surface area contributed by atoms with Crippen LogP contribution >= 0.6 is 0 Å². The maximum Gasteiger partial charge on any atom is 0.252 e. The number of morpholine rings is 1. The Morgan fingerprint density at radius 2 is 1.58 bits per heavy atom. The van der Waals surface area contributed by atoms with Crippen molar-refractivity contribution in [2.24, 2.45) is 0 Å². The number of carbonyl (C=O) groups is 2. The quantitative estimate of drug-likeness (QED) is 0.448. The molecule has 0 radical (unpaired) electrons. The van der Waals surface area contributed by atoms with Gasteiger partial charge in [0.05, 0.1) is 19.8 Å². The molecule has 2 saturated heterocycles. The Morgan fingerprint density at radius 1 is 0.868 bits per heavy atom. The van der Waals surface area contributed by atoms with Crippen molar-refractivity contribution in [2.75, 3.05) is 65.9 Å². The van der Waals surface area contributed by atoms with Crippen molar-refractivity contribution >= 4 is 11.8 Å².